The van der Waals surface area contributed by atoms with Crippen LogP contribution in [0.4, 0.5) is 16.6 Å². The molecule has 1 aliphatic heterocycles. The minimum absolute atomic E-state index is 0.0401. The highest BCUT2D eigenvalue weighted by molar-refractivity contribution is 7.92. The van der Waals surface area contributed by atoms with Crippen molar-refractivity contribution in [2.24, 2.45) is 5.41 Å². The number of anilines is 2. The smallest absolute Gasteiger partial charge is 0.415 e. The van der Waals surface area contributed by atoms with Crippen molar-refractivity contribution in [3.63, 3.8) is 0 Å². The van der Waals surface area contributed by atoms with Crippen LogP contribution in [-0.4, -0.2) is 66.1 Å². The first kappa shape index (κ1) is 36.2. The van der Waals surface area contributed by atoms with E-state index >= 15 is 0 Å². The summed E-state index contributed by atoms with van der Waals surface area (Å²) in [6.07, 6.45) is -0.344. The molecule has 0 fully saturated rings. The van der Waals surface area contributed by atoms with Crippen LogP contribution in [0.2, 0.25) is 0 Å². The second kappa shape index (κ2) is 14.4. The van der Waals surface area contributed by atoms with Crippen molar-refractivity contribution in [3.05, 3.63) is 89.1 Å². The van der Waals surface area contributed by atoms with E-state index in [1.54, 1.807) is 56.1 Å². The van der Waals surface area contributed by atoms with Gasteiger partial charge in [0.15, 0.2) is 0 Å². The van der Waals surface area contributed by atoms with Gasteiger partial charge in [0.1, 0.15) is 12.4 Å². The number of nitrogens with one attached hydrogen (secondary N) is 1. The topological polar surface area (TPSA) is 144 Å². The SMILES string of the molecule is Cc1cccc(C)c1-c1cc2nc(n1)NS(=O)(=O)c1cccc(c1)C(=O)N(Cc1cccc(N(C)C(=O)OC(C)C)n1)[C@H](CC(C)(C)C)CO2. The number of sulfonamides is 1. The zero-order chi connectivity index (χ0) is 36.4. The predicted octanol–water partition coefficient (Wildman–Crippen LogP) is 6.78. The maximum absolute atomic E-state index is 14.5. The molecule has 0 radical (unpaired) electrons. The van der Waals surface area contributed by atoms with Gasteiger partial charge in [-0.25, -0.2) is 27.9 Å². The summed E-state index contributed by atoms with van der Waals surface area (Å²) in [5, 5.41) is 0. The number of fused-ring (bicyclic) bond motifs is 4. The Morgan fingerprint density at radius 3 is 2.38 bits per heavy atom. The monoisotopic (exact) mass is 700 g/mol. The number of pyridine rings is 1. The third-order valence-corrected chi connectivity index (χ3v) is 9.43. The van der Waals surface area contributed by atoms with Gasteiger partial charge in [-0.15, -0.1) is 0 Å². The first-order valence-corrected chi connectivity index (χ1v) is 17.9. The summed E-state index contributed by atoms with van der Waals surface area (Å²) in [4.78, 5) is 43.7. The average molecular weight is 701 g/mol. The summed E-state index contributed by atoms with van der Waals surface area (Å²) in [5.41, 5.74) is 3.67. The van der Waals surface area contributed by atoms with Crippen molar-refractivity contribution in [2.75, 3.05) is 23.3 Å². The molecule has 1 aliphatic rings. The second-order valence-electron chi connectivity index (χ2n) is 14.0. The summed E-state index contributed by atoms with van der Waals surface area (Å²) < 4.78 is 41.6. The van der Waals surface area contributed by atoms with Crippen LogP contribution in [0.1, 0.15) is 68.2 Å². The maximum atomic E-state index is 14.5. The van der Waals surface area contributed by atoms with Gasteiger partial charge in [-0.1, -0.05) is 51.1 Å². The van der Waals surface area contributed by atoms with Crippen molar-refractivity contribution in [3.8, 4) is 17.1 Å². The van der Waals surface area contributed by atoms with Gasteiger partial charge in [-0.2, -0.15) is 4.98 Å². The summed E-state index contributed by atoms with van der Waals surface area (Å²) in [7, 11) is -2.65. The van der Waals surface area contributed by atoms with Gasteiger partial charge in [-0.3, -0.25) is 9.69 Å². The summed E-state index contributed by atoms with van der Waals surface area (Å²) in [6.45, 7) is 13.7. The molecular weight excluding hydrogens is 657 g/mol. The molecule has 13 heteroatoms. The van der Waals surface area contributed by atoms with Crippen LogP contribution in [0.5, 0.6) is 5.88 Å². The molecule has 1 atom stereocenters. The molecule has 0 unspecified atom stereocenters. The van der Waals surface area contributed by atoms with Crippen molar-refractivity contribution in [1.29, 1.82) is 0 Å². The third kappa shape index (κ3) is 8.57. The van der Waals surface area contributed by atoms with E-state index in [0.29, 0.717) is 23.6 Å². The molecule has 2 aromatic carbocycles. The van der Waals surface area contributed by atoms with Crippen LogP contribution >= 0.6 is 0 Å². The molecular formula is C37H44N6O6S. The van der Waals surface area contributed by atoms with Gasteiger partial charge < -0.3 is 14.4 Å². The number of benzene rings is 2. The Morgan fingerprint density at radius 2 is 1.70 bits per heavy atom. The number of nitrogens with zero attached hydrogens (tertiary/aromatic N) is 5. The van der Waals surface area contributed by atoms with Gasteiger partial charge in [0.25, 0.3) is 15.9 Å². The lowest BCUT2D eigenvalue weighted by molar-refractivity contribution is 0.0509. The largest absolute Gasteiger partial charge is 0.475 e. The minimum Gasteiger partial charge on any atom is -0.475 e. The Balaban J connectivity index is 1.63. The molecule has 4 bridgehead atoms. The molecule has 2 aromatic heterocycles. The maximum Gasteiger partial charge on any atom is 0.415 e. The number of hydrogen-bond acceptors (Lipinski definition) is 9. The van der Waals surface area contributed by atoms with Gasteiger partial charge in [0.2, 0.25) is 11.8 Å². The molecule has 5 rings (SSSR count). The number of aromatic nitrogens is 3. The standard InChI is InChI=1S/C37H44N6O6S/c1-23(2)49-36(45)42(8)31-17-11-15-27(38-31)21-43-28(20-37(5,6)7)22-48-32-19-30(33-24(3)12-9-13-25(33)4)39-35(40-32)41-50(46,47)29-16-10-14-26(18-29)34(43)44/h9-19,23,28H,20-22H2,1-8H3,(H,39,40,41)/t28-/m1/s1. The van der Waals surface area contributed by atoms with E-state index < -0.39 is 28.1 Å². The molecule has 2 amide bonds. The number of ether oxygens (including phenoxy) is 2. The molecule has 0 saturated heterocycles. The zero-order valence-corrected chi connectivity index (χ0v) is 30.5. The lowest BCUT2D eigenvalue weighted by Gasteiger charge is -2.35. The first-order chi connectivity index (χ1) is 23.5. The lowest BCUT2D eigenvalue weighted by atomic mass is 9.87. The van der Waals surface area contributed by atoms with Crippen molar-refractivity contribution in [1.82, 2.24) is 19.9 Å². The van der Waals surface area contributed by atoms with Gasteiger partial charge in [0, 0.05) is 24.2 Å². The number of rotatable bonds is 6. The Bertz CT molecular complexity index is 1990. The highest BCUT2D eigenvalue weighted by Gasteiger charge is 2.32. The Morgan fingerprint density at radius 1 is 1.02 bits per heavy atom. The fourth-order valence-corrected chi connectivity index (χ4v) is 6.83. The van der Waals surface area contributed by atoms with Crippen molar-refractivity contribution < 1.29 is 27.5 Å². The molecule has 0 aliphatic carbocycles. The van der Waals surface area contributed by atoms with Crippen LogP contribution in [-0.2, 0) is 21.3 Å². The normalized spacial score (nSPS) is 16.0. The summed E-state index contributed by atoms with van der Waals surface area (Å²) in [5.74, 6) is -0.0609. The molecule has 4 aromatic rings. The minimum atomic E-state index is -4.22. The molecule has 12 nitrogen and oxygen atoms in total. The van der Waals surface area contributed by atoms with Crippen LogP contribution < -0.4 is 14.4 Å². The van der Waals surface area contributed by atoms with E-state index in [1.807, 2.05) is 32.0 Å². The number of carbonyl (C=O) groups is 2. The van der Waals surface area contributed by atoms with Crippen LogP contribution in [0, 0.1) is 19.3 Å². The Kier molecular flexibility index (Phi) is 10.5. The van der Waals surface area contributed by atoms with Crippen LogP contribution in [0.25, 0.3) is 11.3 Å². The summed E-state index contributed by atoms with van der Waals surface area (Å²) in [6, 6.07) is 18.1. The average Bonchev–Trinajstić information content (AvgIpc) is 3.04. The Hall–Kier alpha value is -5.04. The van der Waals surface area contributed by atoms with Gasteiger partial charge in [0.05, 0.1) is 35.0 Å². The fourth-order valence-electron chi connectivity index (χ4n) is 5.84. The van der Waals surface area contributed by atoms with E-state index in [2.05, 4.69) is 35.5 Å². The van der Waals surface area contributed by atoms with Crippen molar-refractivity contribution >= 4 is 33.8 Å². The Labute approximate surface area is 293 Å². The fraction of sp³-hybridized carbons (Fsp3) is 0.378. The third-order valence-electron chi connectivity index (χ3n) is 8.11. The lowest BCUT2D eigenvalue weighted by Crippen LogP contribution is -2.45. The van der Waals surface area contributed by atoms with E-state index in [4.69, 9.17) is 14.5 Å². The second-order valence-corrected chi connectivity index (χ2v) is 15.6. The molecule has 3 heterocycles. The molecule has 50 heavy (non-hydrogen) atoms. The molecule has 0 saturated carbocycles. The number of amides is 2. The van der Waals surface area contributed by atoms with E-state index in [9.17, 15) is 18.0 Å². The first-order valence-electron chi connectivity index (χ1n) is 16.4. The molecule has 264 valence electrons. The van der Waals surface area contributed by atoms with E-state index in [1.165, 1.54) is 23.1 Å². The molecule has 0 spiro atoms. The van der Waals surface area contributed by atoms with Crippen molar-refractivity contribution in [2.45, 2.75) is 78.5 Å². The summed E-state index contributed by atoms with van der Waals surface area (Å²) >= 11 is 0. The van der Waals surface area contributed by atoms with Crippen LogP contribution in [0.15, 0.2) is 71.6 Å². The predicted molar refractivity (Wildman–Crippen MR) is 192 cm³/mol. The zero-order valence-electron chi connectivity index (χ0n) is 29.7. The van der Waals surface area contributed by atoms with Crippen LogP contribution in [0.3, 0.4) is 0 Å². The number of hydrogen-bond donors (Lipinski definition) is 1. The number of carbonyl (C=O) groups excluding carboxylic acids is 2. The van der Waals surface area contributed by atoms with E-state index in [0.717, 1.165) is 16.7 Å². The van der Waals surface area contributed by atoms with Gasteiger partial charge >= 0.3 is 6.09 Å². The van der Waals surface area contributed by atoms with E-state index in [-0.39, 0.29) is 47.0 Å². The highest BCUT2D eigenvalue weighted by Crippen LogP contribution is 2.32. The number of aryl methyl sites for hydroxylation is 2. The van der Waals surface area contributed by atoms with Gasteiger partial charge in [-0.05, 0) is 81.0 Å². The molecule has 1 N–H and O–H groups in total. The quantitative estimate of drug-likeness (QED) is 0.230. The highest BCUT2D eigenvalue weighted by atomic mass is 32.2.